The molecule has 0 bridgehead atoms. The highest BCUT2D eigenvalue weighted by molar-refractivity contribution is 5.93. The van der Waals surface area contributed by atoms with Crippen LogP contribution >= 0.6 is 0 Å². The number of anilines is 1. The van der Waals surface area contributed by atoms with Gasteiger partial charge in [0.1, 0.15) is 28.5 Å². The molecule has 36 heavy (non-hydrogen) atoms. The molecule has 8 heteroatoms. The average molecular weight is 483 g/mol. The summed E-state index contributed by atoms with van der Waals surface area (Å²) in [4.78, 5) is 14.6. The van der Waals surface area contributed by atoms with Gasteiger partial charge in [-0.2, -0.15) is 5.10 Å². The zero-order chi connectivity index (χ0) is 24.2. The molecule has 0 radical (unpaired) electrons. The largest absolute Gasteiger partial charge is 0.494 e. The van der Waals surface area contributed by atoms with Crippen molar-refractivity contribution in [3.8, 4) is 28.3 Å². The van der Waals surface area contributed by atoms with Gasteiger partial charge in [0.25, 0.3) is 0 Å². The molecule has 2 fully saturated rings. The van der Waals surface area contributed by atoms with E-state index < -0.39 is 0 Å². The van der Waals surface area contributed by atoms with Gasteiger partial charge in [-0.1, -0.05) is 18.2 Å². The summed E-state index contributed by atoms with van der Waals surface area (Å²) < 4.78 is 5.75. The third-order valence-electron chi connectivity index (χ3n) is 8.06. The first-order valence-electron chi connectivity index (χ1n) is 12.9. The standard InChI is InChI=1S/C28H30N6O2/c1-36-24-13-23-28(30-27(24)22-7-3-5-17-4-2-6-21(17)22)26(32-31-23)18-8-9-25(29-14-18)34-11-10-33-16-20(35)12-19(33)15-34/h3,5,7-9,13-14,19-20,35H,2,4,6,10-12,15-16H2,1H3,(H,31,32)/t19-,20?/m0/s1. The van der Waals surface area contributed by atoms with Crippen molar-refractivity contribution < 1.29 is 9.84 Å². The van der Waals surface area contributed by atoms with Gasteiger partial charge in [-0.25, -0.2) is 9.97 Å². The maximum absolute atomic E-state index is 10.0. The van der Waals surface area contributed by atoms with Crippen LogP contribution in [-0.2, 0) is 12.8 Å². The molecule has 4 aromatic rings. The first-order chi connectivity index (χ1) is 17.7. The Labute approximate surface area is 209 Å². The number of rotatable bonds is 4. The van der Waals surface area contributed by atoms with Crippen molar-refractivity contribution >= 4 is 16.9 Å². The molecule has 2 atom stereocenters. The van der Waals surface area contributed by atoms with Gasteiger partial charge in [-0.3, -0.25) is 10.00 Å². The number of aromatic amines is 1. The van der Waals surface area contributed by atoms with E-state index in [9.17, 15) is 5.11 Å². The van der Waals surface area contributed by atoms with Crippen LogP contribution in [0.5, 0.6) is 5.75 Å². The van der Waals surface area contributed by atoms with Gasteiger partial charge in [-0.15, -0.1) is 0 Å². The Morgan fingerprint density at radius 2 is 2.03 bits per heavy atom. The van der Waals surface area contributed by atoms with Gasteiger partial charge in [0.15, 0.2) is 0 Å². The number of fused-ring (bicyclic) bond motifs is 3. The normalized spacial score (nSPS) is 21.7. The van der Waals surface area contributed by atoms with Gasteiger partial charge in [0.05, 0.1) is 18.7 Å². The Balaban J connectivity index is 1.22. The van der Waals surface area contributed by atoms with Crippen molar-refractivity contribution in [2.24, 2.45) is 0 Å². The van der Waals surface area contributed by atoms with Crippen LogP contribution in [0.4, 0.5) is 5.82 Å². The third kappa shape index (κ3) is 3.55. The van der Waals surface area contributed by atoms with Crippen LogP contribution < -0.4 is 9.64 Å². The number of ether oxygens (including phenoxy) is 1. The number of aliphatic hydroxyl groups is 1. The Morgan fingerprint density at radius 1 is 1.08 bits per heavy atom. The van der Waals surface area contributed by atoms with Crippen LogP contribution in [0.15, 0.2) is 42.6 Å². The van der Waals surface area contributed by atoms with E-state index >= 15 is 0 Å². The summed E-state index contributed by atoms with van der Waals surface area (Å²) in [6, 6.07) is 13.1. The zero-order valence-corrected chi connectivity index (χ0v) is 20.4. The molecule has 2 N–H and O–H groups in total. The number of nitrogens with zero attached hydrogens (tertiary/aromatic N) is 5. The Hall–Kier alpha value is -3.49. The minimum absolute atomic E-state index is 0.203. The van der Waals surface area contributed by atoms with Crippen LogP contribution in [0.1, 0.15) is 24.0 Å². The lowest BCUT2D eigenvalue weighted by atomic mass is 9.99. The molecule has 7 rings (SSSR count). The molecule has 1 unspecified atom stereocenters. The van der Waals surface area contributed by atoms with Gasteiger partial charge < -0.3 is 14.7 Å². The highest BCUT2D eigenvalue weighted by Gasteiger charge is 2.35. The van der Waals surface area contributed by atoms with Gasteiger partial charge >= 0.3 is 0 Å². The van der Waals surface area contributed by atoms with Gasteiger partial charge in [-0.05, 0) is 48.9 Å². The van der Waals surface area contributed by atoms with Crippen LogP contribution in [-0.4, -0.2) is 75.6 Å². The van der Waals surface area contributed by atoms with Crippen molar-refractivity contribution in [2.45, 2.75) is 37.8 Å². The number of piperazine rings is 1. The van der Waals surface area contributed by atoms with E-state index in [0.29, 0.717) is 6.04 Å². The van der Waals surface area contributed by atoms with E-state index in [4.69, 9.17) is 14.7 Å². The maximum Gasteiger partial charge on any atom is 0.147 e. The number of hydrogen-bond acceptors (Lipinski definition) is 7. The number of hydrogen-bond donors (Lipinski definition) is 2. The second-order valence-electron chi connectivity index (χ2n) is 10.2. The highest BCUT2D eigenvalue weighted by atomic mass is 16.5. The van der Waals surface area contributed by atoms with Crippen molar-refractivity contribution in [2.75, 3.05) is 38.2 Å². The van der Waals surface area contributed by atoms with Gasteiger partial charge in [0, 0.05) is 55.6 Å². The van der Waals surface area contributed by atoms with Crippen LogP contribution in [0.25, 0.3) is 33.5 Å². The van der Waals surface area contributed by atoms with E-state index in [-0.39, 0.29) is 6.10 Å². The molecule has 0 amide bonds. The minimum Gasteiger partial charge on any atom is -0.494 e. The molecular weight excluding hydrogens is 452 g/mol. The SMILES string of the molecule is COc1cc2[nH]nc(-c3ccc(N4CCN5CC(O)C[C@H]5C4)nc3)c2nc1-c1cccc2c1CCC2. The fourth-order valence-electron chi connectivity index (χ4n) is 6.26. The first kappa shape index (κ1) is 21.8. The zero-order valence-electron chi connectivity index (χ0n) is 20.4. The van der Waals surface area contributed by atoms with E-state index in [2.05, 4.69) is 50.3 Å². The summed E-state index contributed by atoms with van der Waals surface area (Å²) in [5.41, 5.74) is 8.21. The van der Waals surface area contributed by atoms with Gasteiger partial charge in [0.2, 0.25) is 0 Å². The van der Waals surface area contributed by atoms with E-state index in [1.54, 1.807) is 7.11 Å². The number of benzene rings is 1. The maximum atomic E-state index is 10.0. The fraction of sp³-hybridized carbons (Fsp3) is 0.393. The predicted molar refractivity (Wildman–Crippen MR) is 139 cm³/mol. The molecular formula is C28H30N6O2. The molecule has 5 heterocycles. The van der Waals surface area contributed by atoms with Crippen molar-refractivity contribution in [1.29, 1.82) is 0 Å². The molecule has 8 nitrogen and oxygen atoms in total. The molecule has 3 aromatic heterocycles. The molecule has 1 aromatic carbocycles. The lowest BCUT2D eigenvalue weighted by Gasteiger charge is -2.37. The summed E-state index contributed by atoms with van der Waals surface area (Å²) in [5.74, 6) is 1.72. The highest BCUT2D eigenvalue weighted by Crippen LogP contribution is 2.39. The summed E-state index contributed by atoms with van der Waals surface area (Å²) in [7, 11) is 1.70. The lowest BCUT2D eigenvalue weighted by molar-refractivity contribution is 0.173. The van der Waals surface area contributed by atoms with Crippen LogP contribution in [0, 0.1) is 0 Å². The number of H-pyrrole nitrogens is 1. The number of aromatic nitrogens is 4. The van der Waals surface area contributed by atoms with E-state index in [1.165, 1.54) is 17.5 Å². The van der Waals surface area contributed by atoms with E-state index in [0.717, 1.165) is 90.6 Å². The second-order valence-corrected chi connectivity index (χ2v) is 10.2. The second kappa shape index (κ2) is 8.57. The Morgan fingerprint density at radius 3 is 2.89 bits per heavy atom. The molecule has 184 valence electrons. The number of methoxy groups -OCH3 is 1. The Kier molecular flexibility index (Phi) is 5.18. The monoisotopic (exact) mass is 482 g/mol. The molecule has 3 aliphatic rings. The van der Waals surface area contributed by atoms with E-state index in [1.807, 2.05) is 12.3 Å². The van der Waals surface area contributed by atoms with Crippen molar-refractivity contribution in [3.63, 3.8) is 0 Å². The summed E-state index contributed by atoms with van der Waals surface area (Å²) >= 11 is 0. The molecule has 0 saturated carbocycles. The lowest BCUT2D eigenvalue weighted by Crippen LogP contribution is -2.50. The fourth-order valence-corrected chi connectivity index (χ4v) is 6.26. The average Bonchev–Trinajstić information content (AvgIpc) is 3.64. The quantitative estimate of drug-likeness (QED) is 0.461. The number of pyridine rings is 2. The smallest absolute Gasteiger partial charge is 0.147 e. The summed E-state index contributed by atoms with van der Waals surface area (Å²) in [6.45, 7) is 3.59. The predicted octanol–water partition coefficient (Wildman–Crippen LogP) is 3.44. The minimum atomic E-state index is -0.203. The topological polar surface area (TPSA) is 90.4 Å². The van der Waals surface area contributed by atoms with Crippen LogP contribution in [0.2, 0.25) is 0 Å². The molecule has 1 aliphatic carbocycles. The van der Waals surface area contributed by atoms with Crippen molar-refractivity contribution in [1.82, 2.24) is 25.1 Å². The molecule has 2 aliphatic heterocycles. The molecule has 2 saturated heterocycles. The number of nitrogens with one attached hydrogen (secondary N) is 1. The third-order valence-corrected chi connectivity index (χ3v) is 8.06. The molecule has 0 spiro atoms. The van der Waals surface area contributed by atoms with Crippen molar-refractivity contribution in [3.05, 3.63) is 53.7 Å². The van der Waals surface area contributed by atoms with Crippen LogP contribution in [0.3, 0.4) is 0 Å². The summed E-state index contributed by atoms with van der Waals surface area (Å²) in [6.07, 6.45) is 5.92. The number of aliphatic hydroxyl groups excluding tert-OH is 1. The summed E-state index contributed by atoms with van der Waals surface area (Å²) in [5, 5.41) is 17.8. The Bertz CT molecular complexity index is 1430. The number of aryl methyl sites for hydroxylation is 1. The first-order valence-corrected chi connectivity index (χ1v) is 12.9.